The molecule has 1 fully saturated rings. The van der Waals surface area contributed by atoms with Gasteiger partial charge >= 0.3 is 0 Å². The zero-order valence-corrected chi connectivity index (χ0v) is 10.6. The van der Waals surface area contributed by atoms with Crippen molar-refractivity contribution in [1.82, 2.24) is 4.90 Å². The molecule has 1 aliphatic carbocycles. The zero-order chi connectivity index (χ0) is 10.8. The van der Waals surface area contributed by atoms with E-state index in [1.165, 1.54) is 56.6 Å². The van der Waals surface area contributed by atoms with E-state index in [1.54, 1.807) is 11.1 Å². The minimum absolute atomic E-state index is 1.19. The summed E-state index contributed by atoms with van der Waals surface area (Å²) in [6.45, 7) is 3.81. The number of nitrogens with zero attached hydrogens (tertiary/aromatic N) is 1. The Morgan fingerprint density at radius 1 is 1.19 bits per heavy atom. The third-order valence-electron chi connectivity index (χ3n) is 3.69. The number of allylic oxidation sites excluding steroid dienone is 1. The third-order valence-corrected chi connectivity index (χ3v) is 4.72. The van der Waals surface area contributed by atoms with Gasteiger partial charge in [-0.1, -0.05) is 12.5 Å². The topological polar surface area (TPSA) is 3.24 Å². The van der Waals surface area contributed by atoms with E-state index in [4.69, 9.17) is 0 Å². The molecule has 2 aliphatic rings. The van der Waals surface area contributed by atoms with Crippen molar-refractivity contribution in [3.05, 3.63) is 27.5 Å². The molecule has 0 amide bonds. The van der Waals surface area contributed by atoms with Crippen LogP contribution in [-0.2, 0) is 13.0 Å². The number of hydrogen-bond donors (Lipinski definition) is 0. The minimum Gasteiger partial charge on any atom is -0.299 e. The summed E-state index contributed by atoms with van der Waals surface area (Å²) < 4.78 is 0. The first-order chi connectivity index (χ1) is 7.93. The Morgan fingerprint density at radius 2 is 2.06 bits per heavy atom. The quantitative estimate of drug-likeness (QED) is 0.753. The lowest BCUT2D eigenvalue weighted by Crippen LogP contribution is -2.29. The van der Waals surface area contributed by atoms with E-state index >= 15 is 0 Å². The highest BCUT2D eigenvalue weighted by Crippen LogP contribution is 2.30. The highest BCUT2D eigenvalue weighted by Gasteiger charge is 2.16. The molecule has 0 spiro atoms. The SMILES string of the molecule is C1=Cc2scc(CN3CCCCC3)c2CC1. The highest BCUT2D eigenvalue weighted by atomic mass is 32.1. The van der Waals surface area contributed by atoms with Gasteiger partial charge in [0, 0.05) is 11.4 Å². The third kappa shape index (κ3) is 2.09. The molecule has 0 aromatic carbocycles. The van der Waals surface area contributed by atoms with Gasteiger partial charge in [-0.15, -0.1) is 11.3 Å². The fourth-order valence-electron chi connectivity index (χ4n) is 2.77. The number of rotatable bonds is 2. The molecule has 0 saturated carbocycles. The van der Waals surface area contributed by atoms with Gasteiger partial charge in [0.05, 0.1) is 0 Å². The molecule has 86 valence electrons. The van der Waals surface area contributed by atoms with Crippen LogP contribution in [0.25, 0.3) is 6.08 Å². The first-order valence-electron chi connectivity index (χ1n) is 6.41. The molecule has 0 N–H and O–H groups in total. The second kappa shape index (κ2) is 4.72. The molecule has 0 bridgehead atoms. The average molecular weight is 233 g/mol. The molecule has 1 aliphatic heterocycles. The molecule has 1 aromatic rings. The van der Waals surface area contributed by atoms with E-state index < -0.39 is 0 Å². The van der Waals surface area contributed by atoms with Crippen LogP contribution in [-0.4, -0.2) is 18.0 Å². The summed E-state index contributed by atoms with van der Waals surface area (Å²) >= 11 is 1.93. The Balaban J connectivity index is 1.74. The van der Waals surface area contributed by atoms with E-state index in [1.807, 2.05) is 11.3 Å². The van der Waals surface area contributed by atoms with Crippen molar-refractivity contribution in [1.29, 1.82) is 0 Å². The second-order valence-electron chi connectivity index (χ2n) is 4.88. The van der Waals surface area contributed by atoms with Crippen LogP contribution >= 0.6 is 11.3 Å². The monoisotopic (exact) mass is 233 g/mol. The predicted octanol–water partition coefficient (Wildman–Crippen LogP) is 3.69. The maximum absolute atomic E-state index is 2.63. The summed E-state index contributed by atoms with van der Waals surface area (Å²) in [5.74, 6) is 0. The Kier molecular flexibility index (Phi) is 3.11. The van der Waals surface area contributed by atoms with Gasteiger partial charge in [-0.2, -0.15) is 0 Å². The van der Waals surface area contributed by atoms with Crippen molar-refractivity contribution in [2.75, 3.05) is 13.1 Å². The summed E-state index contributed by atoms with van der Waals surface area (Å²) in [5.41, 5.74) is 3.24. The van der Waals surface area contributed by atoms with E-state index in [0.29, 0.717) is 0 Å². The minimum atomic E-state index is 1.19. The van der Waals surface area contributed by atoms with Gasteiger partial charge in [0.1, 0.15) is 0 Å². The van der Waals surface area contributed by atoms with Crippen molar-refractivity contribution < 1.29 is 0 Å². The van der Waals surface area contributed by atoms with Gasteiger partial charge in [-0.25, -0.2) is 0 Å². The zero-order valence-electron chi connectivity index (χ0n) is 9.74. The lowest BCUT2D eigenvalue weighted by Gasteiger charge is -2.26. The molecule has 2 heterocycles. The van der Waals surface area contributed by atoms with Crippen molar-refractivity contribution >= 4 is 17.4 Å². The lowest BCUT2D eigenvalue weighted by molar-refractivity contribution is 0.220. The number of hydrogen-bond acceptors (Lipinski definition) is 2. The smallest absolute Gasteiger partial charge is 0.0302 e. The largest absolute Gasteiger partial charge is 0.299 e. The molecule has 2 heteroatoms. The van der Waals surface area contributed by atoms with Crippen LogP contribution < -0.4 is 0 Å². The van der Waals surface area contributed by atoms with Gasteiger partial charge in [0.25, 0.3) is 0 Å². The number of fused-ring (bicyclic) bond motifs is 1. The maximum atomic E-state index is 2.63. The highest BCUT2D eigenvalue weighted by molar-refractivity contribution is 7.11. The van der Waals surface area contributed by atoms with Crippen LogP contribution in [0.3, 0.4) is 0 Å². The Morgan fingerprint density at radius 3 is 2.94 bits per heavy atom. The van der Waals surface area contributed by atoms with Crippen LogP contribution in [0, 0.1) is 0 Å². The molecule has 16 heavy (non-hydrogen) atoms. The molecule has 1 nitrogen and oxygen atoms in total. The van der Waals surface area contributed by atoms with Crippen molar-refractivity contribution in [3.8, 4) is 0 Å². The first-order valence-corrected chi connectivity index (χ1v) is 7.29. The van der Waals surface area contributed by atoms with Gasteiger partial charge in [0.2, 0.25) is 0 Å². The predicted molar refractivity (Wildman–Crippen MR) is 70.8 cm³/mol. The van der Waals surface area contributed by atoms with E-state index in [9.17, 15) is 0 Å². The lowest BCUT2D eigenvalue weighted by atomic mass is 10.00. The van der Waals surface area contributed by atoms with Crippen LogP contribution in [0.4, 0.5) is 0 Å². The van der Waals surface area contributed by atoms with Crippen LogP contribution in [0.1, 0.15) is 41.7 Å². The fraction of sp³-hybridized carbons (Fsp3) is 0.571. The Labute approximate surface area is 102 Å². The Hall–Kier alpha value is -0.600. The van der Waals surface area contributed by atoms with Crippen LogP contribution in [0.2, 0.25) is 0 Å². The van der Waals surface area contributed by atoms with Crippen molar-refractivity contribution in [3.63, 3.8) is 0 Å². The molecule has 1 saturated heterocycles. The summed E-state index contributed by atoms with van der Waals surface area (Å²) in [6.07, 6.45) is 11.3. The Bertz CT molecular complexity index is 385. The van der Waals surface area contributed by atoms with E-state index in [2.05, 4.69) is 22.4 Å². The first kappa shape index (κ1) is 10.5. The number of piperidine rings is 1. The number of likely N-dealkylation sites (tertiary alicyclic amines) is 1. The molecule has 0 radical (unpaired) electrons. The summed E-state index contributed by atoms with van der Waals surface area (Å²) in [4.78, 5) is 4.14. The normalized spacial score (nSPS) is 21.0. The van der Waals surface area contributed by atoms with Gasteiger partial charge < -0.3 is 0 Å². The molecule has 3 rings (SSSR count). The van der Waals surface area contributed by atoms with Gasteiger partial charge in [0.15, 0.2) is 0 Å². The summed E-state index contributed by atoms with van der Waals surface area (Å²) in [6, 6.07) is 0. The van der Waals surface area contributed by atoms with Gasteiger partial charge in [-0.05, 0) is 61.4 Å². The van der Waals surface area contributed by atoms with Crippen LogP contribution in [0.5, 0.6) is 0 Å². The molecule has 0 unspecified atom stereocenters. The summed E-state index contributed by atoms with van der Waals surface area (Å²) in [5, 5.41) is 2.38. The average Bonchev–Trinajstić information content (AvgIpc) is 2.74. The van der Waals surface area contributed by atoms with E-state index in [-0.39, 0.29) is 0 Å². The standard InChI is InChI=1S/C14H19NS/c1-4-8-15(9-5-1)10-12-11-16-14-7-3-2-6-13(12)14/h3,7,11H,1-2,4-6,8-10H2. The van der Waals surface area contributed by atoms with E-state index in [0.717, 1.165) is 0 Å². The van der Waals surface area contributed by atoms with Crippen LogP contribution in [0.15, 0.2) is 11.5 Å². The fourth-order valence-corrected chi connectivity index (χ4v) is 3.80. The van der Waals surface area contributed by atoms with Crippen molar-refractivity contribution in [2.24, 2.45) is 0 Å². The molecule has 1 aromatic heterocycles. The molecular weight excluding hydrogens is 214 g/mol. The molecule has 0 atom stereocenters. The maximum Gasteiger partial charge on any atom is 0.0302 e. The number of thiophene rings is 1. The van der Waals surface area contributed by atoms with Crippen molar-refractivity contribution in [2.45, 2.75) is 38.6 Å². The van der Waals surface area contributed by atoms with Gasteiger partial charge in [-0.3, -0.25) is 4.90 Å². The second-order valence-corrected chi connectivity index (χ2v) is 5.79. The summed E-state index contributed by atoms with van der Waals surface area (Å²) in [7, 11) is 0. The molecular formula is C14H19NS.